The maximum absolute atomic E-state index is 12.7. The molecule has 6 nitrogen and oxygen atoms in total. The number of aliphatic hydroxyl groups is 1. The van der Waals surface area contributed by atoms with Crippen molar-refractivity contribution in [2.24, 2.45) is 5.41 Å². The van der Waals surface area contributed by atoms with E-state index in [1.165, 1.54) is 14.2 Å². The number of piperidine rings is 1. The van der Waals surface area contributed by atoms with Crippen LogP contribution in [0.5, 0.6) is 11.8 Å². The minimum Gasteiger partial charge on any atom is -0.481 e. The molecule has 3 rings (SSSR count). The van der Waals surface area contributed by atoms with E-state index in [0.29, 0.717) is 24.5 Å². The van der Waals surface area contributed by atoms with Crippen LogP contribution in [-0.2, 0) is 0 Å². The van der Waals surface area contributed by atoms with Gasteiger partial charge in [-0.2, -0.15) is 4.98 Å². The van der Waals surface area contributed by atoms with Crippen molar-refractivity contribution in [3.8, 4) is 11.8 Å². The number of methoxy groups -OCH3 is 2. The number of rotatable bonds is 3. The summed E-state index contributed by atoms with van der Waals surface area (Å²) in [6.07, 6.45) is 3.51. The highest BCUT2D eigenvalue weighted by molar-refractivity contribution is 5.96. The van der Waals surface area contributed by atoms with E-state index in [0.717, 1.165) is 25.7 Å². The topological polar surface area (TPSA) is 71.9 Å². The normalized spacial score (nSPS) is 23.0. The first kappa shape index (κ1) is 15.1. The summed E-state index contributed by atoms with van der Waals surface area (Å²) in [6.45, 7) is 1.34. The third kappa shape index (κ3) is 2.41. The van der Waals surface area contributed by atoms with Crippen molar-refractivity contribution < 1.29 is 19.4 Å². The number of ether oxygens (including phenoxy) is 2. The first-order valence-corrected chi connectivity index (χ1v) is 7.66. The van der Waals surface area contributed by atoms with Gasteiger partial charge in [0.1, 0.15) is 5.56 Å². The standard InChI is InChI=1S/C16H22N2O4/c1-21-13-4-3-11(14(17-13)22-2)15(20)18-9-7-16(8-10-18)6-5-12(16)19/h3-4,12,19H,5-10H2,1-2H3. The van der Waals surface area contributed by atoms with Crippen LogP contribution in [0.25, 0.3) is 0 Å². The SMILES string of the molecule is COc1ccc(C(=O)N2CCC3(CCC3O)CC2)c(OC)n1. The molecule has 2 heterocycles. The Morgan fingerprint density at radius 1 is 1.27 bits per heavy atom. The molecule has 1 atom stereocenters. The Morgan fingerprint density at radius 3 is 2.50 bits per heavy atom. The van der Waals surface area contributed by atoms with Crippen molar-refractivity contribution in [3.63, 3.8) is 0 Å². The van der Waals surface area contributed by atoms with Gasteiger partial charge < -0.3 is 19.5 Å². The molecule has 0 bridgehead atoms. The monoisotopic (exact) mass is 306 g/mol. The van der Waals surface area contributed by atoms with Crippen LogP contribution in [-0.4, -0.2) is 54.3 Å². The molecule has 120 valence electrons. The van der Waals surface area contributed by atoms with Crippen molar-refractivity contribution in [3.05, 3.63) is 17.7 Å². The van der Waals surface area contributed by atoms with E-state index in [2.05, 4.69) is 4.98 Å². The molecule has 1 aromatic rings. The molecular weight excluding hydrogens is 284 g/mol. The largest absolute Gasteiger partial charge is 0.481 e. The summed E-state index contributed by atoms with van der Waals surface area (Å²) in [5.74, 6) is 0.632. The average Bonchev–Trinajstić information content (AvgIpc) is 2.59. The molecule has 1 amide bonds. The molecule has 1 N–H and O–H groups in total. The zero-order valence-electron chi connectivity index (χ0n) is 13.0. The Kier molecular flexibility index (Phi) is 3.95. The van der Waals surface area contributed by atoms with Crippen LogP contribution in [0, 0.1) is 5.41 Å². The van der Waals surface area contributed by atoms with Crippen molar-refractivity contribution in [2.75, 3.05) is 27.3 Å². The van der Waals surface area contributed by atoms with E-state index in [1.807, 2.05) is 4.90 Å². The second kappa shape index (κ2) is 5.76. The number of likely N-dealkylation sites (tertiary alicyclic amines) is 1. The second-order valence-electron chi connectivity index (χ2n) is 6.12. The number of hydrogen-bond acceptors (Lipinski definition) is 5. The molecule has 1 spiro atoms. The van der Waals surface area contributed by atoms with Crippen LogP contribution in [0.2, 0.25) is 0 Å². The molecule has 1 aromatic heterocycles. The van der Waals surface area contributed by atoms with Gasteiger partial charge in [0, 0.05) is 19.2 Å². The van der Waals surface area contributed by atoms with Crippen LogP contribution in [0.1, 0.15) is 36.0 Å². The molecule has 22 heavy (non-hydrogen) atoms. The lowest BCUT2D eigenvalue weighted by atomic mass is 9.61. The van der Waals surface area contributed by atoms with Crippen molar-refractivity contribution in [1.82, 2.24) is 9.88 Å². The predicted octanol–water partition coefficient (Wildman–Crippen LogP) is 1.48. The van der Waals surface area contributed by atoms with E-state index in [-0.39, 0.29) is 23.3 Å². The summed E-state index contributed by atoms with van der Waals surface area (Å²) in [5.41, 5.74) is 0.507. The van der Waals surface area contributed by atoms with E-state index >= 15 is 0 Å². The summed E-state index contributed by atoms with van der Waals surface area (Å²) >= 11 is 0. The van der Waals surface area contributed by atoms with Crippen LogP contribution < -0.4 is 9.47 Å². The maximum atomic E-state index is 12.7. The molecule has 2 fully saturated rings. The molecule has 0 aromatic carbocycles. The van der Waals surface area contributed by atoms with Gasteiger partial charge in [0.25, 0.3) is 5.91 Å². The number of carbonyl (C=O) groups excluding carboxylic acids is 1. The first-order valence-electron chi connectivity index (χ1n) is 7.66. The van der Waals surface area contributed by atoms with Gasteiger partial charge in [0.2, 0.25) is 11.8 Å². The van der Waals surface area contributed by atoms with E-state index in [4.69, 9.17) is 9.47 Å². The molecule has 2 aliphatic rings. The predicted molar refractivity (Wildman–Crippen MR) is 80.2 cm³/mol. The molecule has 1 saturated heterocycles. The van der Waals surface area contributed by atoms with Gasteiger partial charge in [-0.15, -0.1) is 0 Å². The summed E-state index contributed by atoms with van der Waals surface area (Å²) in [4.78, 5) is 18.7. The summed E-state index contributed by atoms with van der Waals surface area (Å²) in [6, 6.07) is 3.35. The lowest BCUT2D eigenvalue weighted by molar-refractivity contribution is -0.0952. The summed E-state index contributed by atoms with van der Waals surface area (Å²) in [5, 5.41) is 9.96. The van der Waals surface area contributed by atoms with Gasteiger partial charge >= 0.3 is 0 Å². The zero-order chi connectivity index (χ0) is 15.7. The second-order valence-corrected chi connectivity index (χ2v) is 6.12. The van der Waals surface area contributed by atoms with Crippen LogP contribution in [0.15, 0.2) is 12.1 Å². The highest BCUT2D eigenvalue weighted by atomic mass is 16.5. The molecule has 0 radical (unpaired) electrons. The first-order chi connectivity index (χ1) is 10.6. The number of hydrogen-bond donors (Lipinski definition) is 1. The Hall–Kier alpha value is -1.82. The average molecular weight is 306 g/mol. The third-order valence-corrected chi connectivity index (χ3v) is 5.14. The molecule has 1 aliphatic heterocycles. The molecule has 6 heteroatoms. The number of amides is 1. The maximum Gasteiger partial charge on any atom is 0.259 e. The van der Waals surface area contributed by atoms with E-state index in [9.17, 15) is 9.90 Å². The van der Waals surface area contributed by atoms with Gasteiger partial charge in [0.05, 0.1) is 20.3 Å². The quantitative estimate of drug-likeness (QED) is 0.915. The molecule has 1 saturated carbocycles. The Morgan fingerprint density at radius 2 is 2.00 bits per heavy atom. The molecule has 1 unspecified atom stereocenters. The summed E-state index contributed by atoms with van der Waals surface area (Å²) in [7, 11) is 3.02. The summed E-state index contributed by atoms with van der Waals surface area (Å²) < 4.78 is 10.3. The lowest BCUT2D eigenvalue weighted by Gasteiger charge is -2.51. The Balaban J connectivity index is 1.72. The van der Waals surface area contributed by atoms with Crippen molar-refractivity contribution in [2.45, 2.75) is 31.8 Å². The highest BCUT2D eigenvalue weighted by Gasteiger charge is 2.48. The van der Waals surface area contributed by atoms with Gasteiger partial charge in [0.15, 0.2) is 0 Å². The molecular formula is C16H22N2O4. The number of pyridine rings is 1. The minimum absolute atomic E-state index is 0.0546. The lowest BCUT2D eigenvalue weighted by Crippen LogP contribution is -2.53. The van der Waals surface area contributed by atoms with Crippen LogP contribution >= 0.6 is 0 Å². The molecule has 1 aliphatic carbocycles. The Labute approximate surface area is 130 Å². The van der Waals surface area contributed by atoms with Crippen molar-refractivity contribution >= 4 is 5.91 Å². The van der Waals surface area contributed by atoms with Gasteiger partial charge in [-0.1, -0.05) is 0 Å². The van der Waals surface area contributed by atoms with Crippen molar-refractivity contribution in [1.29, 1.82) is 0 Å². The van der Waals surface area contributed by atoms with Crippen LogP contribution in [0.4, 0.5) is 0 Å². The fraction of sp³-hybridized carbons (Fsp3) is 0.625. The third-order valence-electron chi connectivity index (χ3n) is 5.14. The minimum atomic E-state index is -0.193. The fourth-order valence-electron chi connectivity index (χ4n) is 3.45. The number of aromatic nitrogens is 1. The van der Waals surface area contributed by atoms with Crippen LogP contribution in [0.3, 0.4) is 0 Å². The van der Waals surface area contributed by atoms with Gasteiger partial charge in [-0.25, -0.2) is 0 Å². The number of aliphatic hydroxyl groups excluding tert-OH is 1. The van der Waals surface area contributed by atoms with Gasteiger partial charge in [-0.3, -0.25) is 4.79 Å². The highest BCUT2D eigenvalue weighted by Crippen LogP contribution is 2.49. The number of nitrogens with zero attached hydrogens (tertiary/aromatic N) is 2. The number of carbonyl (C=O) groups is 1. The fourth-order valence-corrected chi connectivity index (χ4v) is 3.45. The van der Waals surface area contributed by atoms with E-state index in [1.54, 1.807) is 12.1 Å². The smallest absolute Gasteiger partial charge is 0.259 e. The zero-order valence-corrected chi connectivity index (χ0v) is 13.0. The van der Waals surface area contributed by atoms with E-state index < -0.39 is 0 Å². The van der Waals surface area contributed by atoms with Gasteiger partial charge in [-0.05, 0) is 37.2 Å². The Bertz CT molecular complexity index is 567.